The van der Waals surface area contributed by atoms with Gasteiger partial charge in [-0.3, -0.25) is 4.79 Å². The van der Waals surface area contributed by atoms with Crippen LogP contribution in [0.25, 0.3) is 10.8 Å². The van der Waals surface area contributed by atoms with E-state index in [-0.39, 0.29) is 12.5 Å². The van der Waals surface area contributed by atoms with Gasteiger partial charge in [0.1, 0.15) is 23.9 Å². The zero-order valence-electron chi connectivity index (χ0n) is 15.7. The Bertz CT molecular complexity index is 1090. The first-order chi connectivity index (χ1) is 13.6. The van der Waals surface area contributed by atoms with E-state index in [4.69, 9.17) is 13.7 Å². The summed E-state index contributed by atoms with van der Waals surface area (Å²) in [7, 11) is 0. The first kappa shape index (κ1) is 17.9. The number of aromatic nitrogens is 1. The zero-order chi connectivity index (χ0) is 19.5. The van der Waals surface area contributed by atoms with Crippen molar-refractivity contribution in [2.45, 2.75) is 27.0 Å². The number of carbonyl (C=O) groups is 1. The molecule has 0 aliphatic heterocycles. The molecule has 0 fully saturated rings. The van der Waals surface area contributed by atoms with Crippen molar-refractivity contribution in [2.75, 3.05) is 0 Å². The fourth-order valence-electron chi connectivity index (χ4n) is 3.05. The summed E-state index contributed by atoms with van der Waals surface area (Å²) < 4.78 is 16.5. The van der Waals surface area contributed by atoms with Gasteiger partial charge in [0.05, 0.1) is 29.6 Å². The van der Waals surface area contributed by atoms with Crippen LogP contribution < -0.4 is 10.1 Å². The largest absolute Gasteiger partial charge is 0.488 e. The first-order valence-electron chi connectivity index (χ1n) is 9.00. The second-order valence-electron chi connectivity index (χ2n) is 6.55. The molecule has 0 saturated heterocycles. The maximum Gasteiger partial charge on any atom is 0.255 e. The number of hydrogen-bond acceptors (Lipinski definition) is 5. The van der Waals surface area contributed by atoms with Gasteiger partial charge >= 0.3 is 0 Å². The number of fused-ring (bicyclic) bond motifs is 1. The Morgan fingerprint density at radius 2 is 1.89 bits per heavy atom. The lowest BCUT2D eigenvalue weighted by Gasteiger charge is -2.13. The van der Waals surface area contributed by atoms with Crippen LogP contribution in [-0.2, 0) is 13.2 Å². The second kappa shape index (κ2) is 7.60. The van der Waals surface area contributed by atoms with Gasteiger partial charge in [0, 0.05) is 0 Å². The highest BCUT2D eigenvalue weighted by Crippen LogP contribution is 2.28. The van der Waals surface area contributed by atoms with E-state index in [1.807, 2.05) is 56.3 Å². The number of rotatable bonds is 6. The van der Waals surface area contributed by atoms with Crippen LogP contribution in [0.2, 0.25) is 0 Å². The summed E-state index contributed by atoms with van der Waals surface area (Å²) in [4.78, 5) is 12.8. The number of aryl methyl sites for hydroxylation is 2. The lowest BCUT2D eigenvalue weighted by Crippen LogP contribution is -2.23. The van der Waals surface area contributed by atoms with Crippen molar-refractivity contribution < 1.29 is 18.5 Å². The first-order valence-corrected chi connectivity index (χ1v) is 9.00. The van der Waals surface area contributed by atoms with Crippen molar-refractivity contribution in [3.05, 3.63) is 83.1 Å². The topological polar surface area (TPSA) is 77.5 Å². The number of hydrogen-bond donors (Lipinski definition) is 1. The number of carbonyl (C=O) groups excluding carboxylic acids is 1. The molecule has 0 spiro atoms. The van der Waals surface area contributed by atoms with Gasteiger partial charge in [-0.05, 0) is 48.9 Å². The smallest absolute Gasteiger partial charge is 0.255 e. The molecule has 6 nitrogen and oxygen atoms in total. The molecule has 2 heterocycles. The summed E-state index contributed by atoms with van der Waals surface area (Å²) in [6.45, 7) is 4.29. The van der Waals surface area contributed by atoms with Crippen LogP contribution in [0.4, 0.5) is 0 Å². The van der Waals surface area contributed by atoms with Crippen molar-refractivity contribution in [3.63, 3.8) is 0 Å². The van der Waals surface area contributed by atoms with E-state index >= 15 is 0 Å². The van der Waals surface area contributed by atoms with E-state index in [2.05, 4.69) is 10.5 Å². The molecule has 0 aliphatic rings. The van der Waals surface area contributed by atoms with E-state index in [1.54, 1.807) is 12.3 Å². The number of benzene rings is 2. The lowest BCUT2D eigenvalue weighted by molar-refractivity contribution is 0.0943. The molecule has 142 valence electrons. The van der Waals surface area contributed by atoms with Gasteiger partial charge < -0.3 is 19.0 Å². The maximum atomic E-state index is 12.8. The minimum Gasteiger partial charge on any atom is -0.488 e. The van der Waals surface area contributed by atoms with Crippen LogP contribution in [-0.4, -0.2) is 11.1 Å². The molecule has 4 rings (SSSR count). The highest BCUT2D eigenvalue weighted by molar-refractivity contribution is 6.01. The minimum absolute atomic E-state index is 0.226. The predicted octanol–water partition coefficient (Wildman–Crippen LogP) is 4.55. The van der Waals surface area contributed by atoms with E-state index < -0.39 is 0 Å². The zero-order valence-corrected chi connectivity index (χ0v) is 15.7. The third-order valence-corrected chi connectivity index (χ3v) is 4.65. The van der Waals surface area contributed by atoms with Crippen LogP contribution in [0.3, 0.4) is 0 Å². The molecule has 1 N–H and O–H groups in total. The van der Waals surface area contributed by atoms with Crippen molar-refractivity contribution in [3.8, 4) is 5.75 Å². The predicted molar refractivity (Wildman–Crippen MR) is 104 cm³/mol. The molecule has 0 bridgehead atoms. The fraction of sp³-hybridized carbons (Fsp3) is 0.182. The molecule has 2 aromatic carbocycles. The average molecular weight is 376 g/mol. The summed E-state index contributed by atoms with van der Waals surface area (Å²) in [6.07, 6.45) is 1.58. The summed E-state index contributed by atoms with van der Waals surface area (Å²) in [5.74, 6) is 1.68. The Balaban J connectivity index is 1.63. The van der Waals surface area contributed by atoms with Crippen molar-refractivity contribution >= 4 is 16.7 Å². The molecule has 28 heavy (non-hydrogen) atoms. The Morgan fingerprint density at radius 1 is 1.11 bits per heavy atom. The van der Waals surface area contributed by atoms with E-state index in [1.165, 1.54) is 0 Å². The number of ether oxygens (including phenoxy) is 1. The molecule has 1 amide bonds. The SMILES string of the molecule is Cc1noc(C)c1COc1cc2ccccc2cc1C(=O)NCc1ccco1. The van der Waals surface area contributed by atoms with Crippen LogP contribution in [0.5, 0.6) is 5.75 Å². The molecule has 2 aromatic heterocycles. The fourth-order valence-corrected chi connectivity index (χ4v) is 3.05. The van der Waals surface area contributed by atoms with Gasteiger partial charge in [0.15, 0.2) is 0 Å². The summed E-state index contributed by atoms with van der Waals surface area (Å²) in [6, 6.07) is 15.2. The van der Waals surface area contributed by atoms with Crippen molar-refractivity contribution in [1.82, 2.24) is 10.5 Å². The van der Waals surface area contributed by atoms with Crippen LogP contribution >= 0.6 is 0 Å². The number of nitrogens with one attached hydrogen (secondary N) is 1. The summed E-state index contributed by atoms with van der Waals surface area (Å²) in [5, 5.41) is 8.79. The molecule has 0 atom stereocenters. The number of furan rings is 1. The van der Waals surface area contributed by atoms with E-state index in [0.717, 1.165) is 22.0 Å². The Labute approximate surface area is 162 Å². The normalized spacial score (nSPS) is 10.9. The van der Waals surface area contributed by atoms with Crippen LogP contribution in [0.15, 0.2) is 63.7 Å². The van der Waals surface area contributed by atoms with Crippen molar-refractivity contribution in [1.29, 1.82) is 0 Å². The van der Waals surface area contributed by atoms with Gasteiger partial charge in [-0.15, -0.1) is 0 Å². The Kier molecular flexibility index (Phi) is 4.85. The number of nitrogens with zero attached hydrogens (tertiary/aromatic N) is 1. The van der Waals surface area contributed by atoms with Crippen molar-refractivity contribution in [2.24, 2.45) is 0 Å². The molecular formula is C22H20N2O4. The Hall–Kier alpha value is -3.54. The van der Waals surface area contributed by atoms with E-state index in [9.17, 15) is 4.79 Å². The minimum atomic E-state index is -0.226. The van der Waals surface area contributed by atoms with Gasteiger partial charge in [-0.2, -0.15) is 0 Å². The molecule has 0 radical (unpaired) electrons. The second-order valence-corrected chi connectivity index (χ2v) is 6.55. The molecule has 0 unspecified atom stereocenters. The summed E-state index contributed by atoms with van der Waals surface area (Å²) in [5.41, 5.74) is 2.13. The molecule has 0 aliphatic carbocycles. The van der Waals surface area contributed by atoms with Gasteiger partial charge in [-0.1, -0.05) is 29.4 Å². The maximum absolute atomic E-state index is 12.8. The summed E-state index contributed by atoms with van der Waals surface area (Å²) >= 11 is 0. The lowest BCUT2D eigenvalue weighted by atomic mass is 10.1. The molecular weight excluding hydrogens is 356 g/mol. The van der Waals surface area contributed by atoms with Crippen LogP contribution in [0.1, 0.15) is 33.1 Å². The monoisotopic (exact) mass is 376 g/mol. The number of amides is 1. The quantitative estimate of drug-likeness (QED) is 0.534. The third-order valence-electron chi connectivity index (χ3n) is 4.65. The third kappa shape index (κ3) is 3.62. The molecule has 6 heteroatoms. The van der Waals surface area contributed by atoms with Crippen LogP contribution in [0, 0.1) is 13.8 Å². The van der Waals surface area contributed by atoms with Gasteiger partial charge in [0.25, 0.3) is 5.91 Å². The van der Waals surface area contributed by atoms with E-state index in [0.29, 0.717) is 29.4 Å². The molecule has 0 saturated carbocycles. The highest BCUT2D eigenvalue weighted by Gasteiger charge is 2.17. The average Bonchev–Trinajstić information content (AvgIpc) is 3.34. The Morgan fingerprint density at radius 3 is 2.57 bits per heavy atom. The van der Waals surface area contributed by atoms with Gasteiger partial charge in [0.2, 0.25) is 0 Å². The van der Waals surface area contributed by atoms with Gasteiger partial charge in [-0.25, -0.2) is 0 Å². The molecule has 4 aromatic rings. The highest BCUT2D eigenvalue weighted by atomic mass is 16.5. The standard InChI is InChI=1S/C22H20N2O4/c1-14-20(15(2)28-24-14)13-27-21-11-17-7-4-3-6-16(17)10-19(21)22(25)23-12-18-8-5-9-26-18/h3-11H,12-13H2,1-2H3,(H,23,25).